The molecule has 1 aromatic carbocycles. The highest BCUT2D eigenvalue weighted by atomic mass is 32.2. The third kappa shape index (κ3) is 3.21. The van der Waals surface area contributed by atoms with Crippen molar-refractivity contribution in [3.8, 4) is 5.75 Å². The van der Waals surface area contributed by atoms with Crippen LogP contribution in [0.4, 0.5) is 5.69 Å². The van der Waals surface area contributed by atoms with Crippen LogP contribution < -0.4 is 14.4 Å². The molecule has 0 radical (unpaired) electrons. The average Bonchev–Trinajstić information content (AvgIpc) is 3.10. The van der Waals surface area contributed by atoms with Crippen LogP contribution in [0.25, 0.3) is 0 Å². The van der Waals surface area contributed by atoms with Gasteiger partial charge in [0.25, 0.3) is 5.91 Å². The first-order valence-electron chi connectivity index (χ1n) is 8.95. The Labute approximate surface area is 148 Å². The number of benzene rings is 1. The Morgan fingerprint density at radius 2 is 2.00 bits per heavy atom. The van der Waals surface area contributed by atoms with Crippen molar-refractivity contribution in [2.45, 2.75) is 44.2 Å². The molecule has 2 saturated carbocycles. The fourth-order valence-electron chi connectivity index (χ4n) is 4.56. The van der Waals surface area contributed by atoms with Crippen LogP contribution in [0, 0.1) is 11.8 Å². The molecule has 4 atom stereocenters. The van der Waals surface area contributed by atoms with Crippen molar-refractivity contribution in [3.05, 3.63) is 24.3 Å². The summed E-state index contributed by atoms with van der Waals surface area (Å²) in [4.78, 5) is 12.7. The van der Waals surface area contributed by atoms with Crippen LogP contribution in [0.3, 0.4) is 0 Å². The van der Waals surface area contributed by atoms with Crippen molar-refractivity contribution in [1.29, 1.82) is 0 Å². The molecule has 1 aromatic rings. The van der Waals surface area contributed by atoms with Crippen molar-refractivity contribution in [2.24, 2.45) is 11.8 Å². The van der Waals surface area contributed by atoms with E-state index in [0.29, 0.717) is 23.8 Å². The number of anilines is 1. The number of para-hydroxylation sites is 2. The van der Waals surface area contributed by atoms with Crippen molar-refractivity contribution in [2.75, 3.05) is 17.1 Å². The van der Waals surface area contributed by atoms with Gasteiger partial charge in [-0.15, -0.1) is 0 Å². The molecule has 0 saturated heterocycles. The van der Waals surface area contributed by atoms with Gasteiger partial charge in [0.1, 0.15) is 5.75 Å². The Bertz CT molecular complexity index is 779. The lowest BCUT2D eigenvalue weighted by atomic mass is 9.95. The summed E-state index contributed by atoms with van der Waals surface area (Å²) in [6.07, 6.45) is 5.64. The zero-order chi connectivity index (χ0) is 17.6. The zero-order valence-electron chi connectivity index (χ0n) is 14.3. The van der Waals surface area contributed by atoms with Crippen molar-refractivity contribution < 1.29 is 17.9 Å². The van der Waals surface area contributed by atoms with Gasteiger partial charge in [0.05, 0.1) is 11.9 Å². The molecular weight excluding hydrogens is 340 g/mol. The van der Waals surface area contributed by atoms with Crippen molar-refractivity contribution >= 4 is 21.6 Å². The molecule has 4 rings (SSSR count). The van der Waals surface area contributed by atoms with E-state index < -0.39 is 16.1 Å². The number of rotatable bonds is 3. The number of amides is 1. The second kappa shape index (κ2) is 6.20. The number of sulfonamides is 1. The second-order valence-electron chi connectivity index (χ2n) is 7.49. The van der Waals surface area contributed by atoms with Crippen LogP contribution in [0.1, 0.15) is 32.1 Å². The van der Waals surface area contributed by atoms with E-state index in [9.17, 15) is 13.2 Å². The maximum Gasteiger partial charge on any atom is 0.261 e. The number of fused-ring (bicyclic) bond motifs is 3. The smallest absolute Gasteiger partial charge is 0.261 e. The van der Waals surface area contributed by atoms with Crippen LogP contribution in [-0.2, 0) is 14.8 Å². The largest absolute Gasteiger partial charge is 0.478 e. The number of ether oxygens (including phenoxy) is 1. The highest BCUT2D eigenvalue weighted by Crippen LogP contribution is 2.44. The first-order valence-corrected chi connectivity index (χ1v) is 10.8. The average molecular weight is 364 g/mol. The Morgan fingerprint density at radius 3 is 2.68 bits per heavy atom. The molecule has 7 heteroatoms. The fraction of sp³-hybridized carbons (Fsp3) is 0.611. The molecule has 3 aliphatic rings. The molecule has 1 amide bonds. The summed E-state index contributed by atoms with van der Waals surface area (Å²) in [6, 6.07) is 7.24. The van der Waals surface area contributed by atoms with Gasteiger partial charge in [-0.2, -0.15) is 0 Å². The number of hydrogen-bond donors (Lipinski definition) is 1. The number of carbonyl (C=O) groups excluding carboxylic acids is 1. The van der Waals surface area contributed by atoms with Crippen LogP contribution in [0.15, 0.2) is 24.3 Å². The third-order valence-corrected chi connectivity index (χ3v) is 6.94. The number of nitrogens with one attached hydrogen (secondary N) is 1. The minimum atomic E-state index is -3.42. The van der Waals surface area contributed by atoms with Crippen LogP contribution in [-0.4, -0.2) is 39.3 Å². The minimum absolute atomic E-state index is 0.122. The molecule has 136 valence electrons. The van der Waals surface area contributed by atoms with Gasteiger partial charge in [0.2, 0.25) is 10.0 Å². The minimum Gasteiger partial charge on any atom is -0.478 e. The number of nitrogens with zero attached hydrogens (tertiary/aromatic N) is 1. The van der Waals surface area contributed by atoms with Crippen LogP contribution >= 0.6 is 0 Å². The van der Waals surface area contributed by atoms with E-state index in [-0.39, 0.29) is 18.5 Å². The van der Waals surface area contributed by atoms with E-state index in [4.69, 9.17) is 4.74 Å². The predicted octanol–water partition coefficient (Wildman–Crippen LogP) is 1.91. The highest BCUT2D eigenvalue weighted by Gasteiger charge is 2.41. The van der Waals surface area contributed by atoms with Gasteiger partial charge in [-0.3, -0.25) is 9.10 Å². The van der Waals surface area contributed by atoms with Crippen molar-refractivity contribution in [3.63, 3.8) is 0 Å². The van der Waals surface area contributed by atoms with E-state index in [1.54, 1.807) is 24.3 Å². The van der Waals surface area contributed by atoms with E-state index in [1.165, 1.54) is 29.8 Å². The Morgan fingerprint density at radius 1 is 1.20 bits per heavy atom. The molecule has 6 nitrogen and oxygen atoms in total. The molecular formula is C18H24N2O4S. The molecule has 2 bridgehead atoms. The Balaban J connectivity index is 1.52. The highest BCUT2D eigenvalue weighted by molar-refractivity contribution is 7.92. The summed E-state index contributed by atoms with van der Waals surface area (Å²) in [7, 11) is -3.42. The molecule has 0 unspecified atom stereocenters. The van der Waals surface area contributed by atoms with Gasteiger partial charge in [0, 0.05) is 19.0 Å². The normalized spacial score (nSPS) is 31.2. The van der Waals surface area contributed by atoms with Gasteiger partial charge in [-0.1, -0.05) is 18.6 Å². The number of carbonyl (C=O) groups is 1. The topological polar surface area (TPSA) is 75.7 Å². The van der Waals surface area contributed by atoms with Gasteiger partial charge in [-0.05, 0) is 43.2 Å². The van der Waals surface area contributed by atoms with Gasteiger partial charge in [-0.25, -0.2) is 8.42 Å². The molecule has 1 aliphatic heterocycles. The third-order valence-electron chi connectivity index (χ3n) is 5.76. The second-order valence-corrected chi connectivity index (χ2v) is 9.39. The SMILES string of the molecule is CS(=O)(=O)N1CC[C@H](C(=O)N[C@H]2C[C@H]3CC[C@H]2C3)Oc2ccccc21. The summed E-state index contributed by atoms with van der Waals surface area (Å²) in [5, 5.41) is 3.16. The molecule has 2 aliphatic carbocycles. The quantitative estimate of drug-likeness (QED) is 0.889. The predicted molar refractivity (Wildman–Crippen MR) is 95.0 cm³/mol. The van der Waals surface area contributed by atoms with Crippen LogP contribution in [0.2, 0.25) is 0 Å². The lowest BCUT2D eigenvalue weighted by molar-refractivity contribution is -0.129. The lowest BCUT2D eigenvalue weighted by Gasteiger charge is -2.25. The standard InChI is InChI=1S/C18H24N2O4S/c1-25(22,23)20-9-8-17(24-16-5-3-2-4-15(16)20)18(21)19-14-11-12-6-7-13(14)10-12/h2-5,12-14,17H,6-11H2,1H3,(H,19,21)/t12-,13-,14-,17+/m0/s1. The van der Waals surface area contributed by atoms with Crippen molar-refractivity contribution in [1.82, 2.24) is 5.32 Å². The molecule has 2 fully saturated rings. The number of hydrogen-bond acceptors (Lipinski definition) is 4. The van der Waals surface area contributed by atoms with Crippen LogP contribution in [0.5, 0.6) is 5.75 Å². The molecule has 1 N–H and O–H groups in total. The fourth-order valence-corrected chi connectivity index (χ4v) is 5.50. The monoisotopic (exact) mass is 364 g/mol. The summed E-state index contributed by atoms with van der Waals surface area (Å²) in [6.45, 7) is 0.241. The van der Waals surface area contributed by atoms with E-state index >= 15 is 0 Å². The van der Waals surface area contributed by atoms with Gasteiger partial charge >= 0.3 is 0 Å². The first kappa shape index (κ1) is 16.7. The molecule has 0 aromatic heterocycles. The van der Waals surface area contributed by atoms with E-state index in [2.05, 4.69) is 5.32 Å². The zero-order valence-corrected chi connectivity index (χ0v) is 15.2. The Kier molecular flexibility index (Phi) is 4.14. The maximum atomic E-state index is 12.7. The molecule has 25 heavy (non-hydrogen) atoms. The summed E-state index contributed by atoms with van der Waals surface area (Å²) in [5.74, 6) is 1.67. The van der Waals surface area contributed by atoms with E-state index in [1.807, 2.05) is 0 Å². The van der Waals surface area contributed by atoms with Gasteiger partial charge in [0.15, 0.2) is 6.10 Å². The summed E-state index contributed by atoms with van der Waals surface area (Å²) < 4.78 is 31.5. The first-order chi connectivity index (χ1) is 11.9. The molecule has 0 spiro atoms. The maximum absolute atomic E-state index is 12.7. The van der Waals surface area contributed by atoms with Gasteiger partial charge < -0.3 is 10.1 Å². The lowest BCUT2D eigenvalue weighted by Crippen LogP contribution is -2.46. The van der Waals surface area contributed by atoms with E-state index in [0.717, 1.165) is 12.3 Å². The summed E-state index contributed by atoms with van der Waals surface area (Å²) in [5.41, 5.74) is 0.500. The molecule has 1 heterocycles. The Hall–Kier alpha value is -1.76. The summed E-state index contributed by atoms with van der Waals surface area (Å²) >= 11 is 0.